The minimum Gasteiger partial charge on any atom is -0.314 e. The first-order valence-electron chi connectivity index (χ1n) is 7.98. The third kappa shape index (κ3) is 7.56. The smallest absolute Gasteiger partial charge is 0.212 e. The van der Waals surface area contributed by atoms with E-state index in [0.29, 0.717) is 25.2 Å². The van der Waals surface area contributed by atoms with Crippen LogP contribution in [0.4, 0.5) is 0 Å². The van der Waals surface area contributed by atoms with Crippen LogP contribution in [0.2, 0.25) is 0 Å². The molecule has 1 aliphatic heterocycles. The minimum atomic E-state index is -3.17. The Hall–Kier alpha value is -0.210. The first-order chi connectivity index (χ1) is 9.82. The van der Waals surface area contributed by atoms with Gasteiger partial charge in [0.05, 0.1) is 5.75 Å². The monoisotopic (exact) mass is 320 g/mol. The third-order valence-corrected chi connectivity index (χ3v) is 5.27. The number of sulfonamides is 1. The van der Waals surface area contributed by atoms with Crippen molar-refractivity contribution in [1.29, 1.82) is 0 Å². The lowest BCUT2D eigenvalue weighted by Gasteiger charge is -2.30. The Morgan fingerprint density at radius 1 is 1.14 bits per heavy atom. The van der Waals surface area contributed by atoms with Crippen molar-refractivity contribution in [2.75, 3.05) is 51.6 Å². The van der Waals surface area contributed by atoms with Gasteiger partial charge in [0.2, 0.25) is 10.0 Å². The SMILES string of the molecule is CC(C)N(CCNS(=O)(=O)CCN1CCNCC1)C(C)C. The number of hydrogen-bond donors (Lipinski definition) is 2. The lowest BCUT2D eigenvalue weighted by molar-refractivity contribution is 0.179. The molecule has 21 heavy (non-hydrogen) atoms. The molecule has 0 bridgehead atoms. The standard InChI is InChI=1S/C14H32N4O2S/c1-13(2)18(14(3)4)10-7-16-21(19,20)12-11-17-8-5-15-6-9-17/h13-16H,5-12H2,1-4H3. The molecule has 7 heteroatoms. The van der Waals surface area contributed by atoms with Gasteiger partial charge in [0.25, 0.3) is 0 Å². The Bertz CT molecular complexity index is 370. The molecule has 1 heterocycles. The van der Waals surface area contributed by atoms with Crippen LogP contribution in [0.25, 0.3) is 0 Å². The Balaban J connectivity index is 2.28. The summed E-state index contributed by atoms with van der Waals surface area (Å²) in [6, 6.07) is 0.853. The Kier molecular flexibility index (Phi) is 8.12. The van der Waals surface area contributed by atoms with Crippen molar-refractivity contribution in [3.63, 3.8) is 0 Å². The summed E-state index contributed by atoms with van der Waals surface area (Å²) in [6.45, 7) is 14.2. The number of nitrogens with one attached hydrogen (secondary N) is 2. The van der Waals surface area contributed by atoms with E-state index >= 15 is 0 Å². The van der Waals surface area contributed by atoms with Gasteiger partial charge in [-0.2, -0.15) is 0 Å². The van der Waals surface area contributed by atoms with E-state index in [1.807, 2.05) is 0 Å². The molecule has 1 saturated heterocycles. The zero-order chi connectivity index (χ0) is 15.9. The number of piperazine rings is 1. The van der Waals surface area contributed by atoms with Crippen LogP contribution in [0.5, 0.6) is 0 Å². The van der Waals surface area contributed by atoms with Crippen LogP contribution in [0.1, 0.15) is 27.7 Å². The zero-order valence-corrected chi connectivity index (χ0v) is 14.7. The molecule has 0 amide bonds. The minimum absolute atomic E-state index is 0.191. The van der Waals surface area contributed by atoms with E-state index in [9.17, 15) is 8.42 Å². The maximum Gasteiger partial charge on any atom is 0.212 e. The van der Waals surface area contributed by atoms with Gasteiger partial charge in [0, 0.05) is 57.9 Å². The molecule has 0 saturated carbocycles. The lowest BCUT2D eigenvalue weighted by atomic mass is 10.2. The fraction of sp³-hybridized carbons (Fsp3) is 1.00. The summed E-state index contributed by atoms with van der Waals surface area (Å²) >= 11 is 0. The Labute approximate surface area is 130 Å². The van der Waals surface area contributed by atoms with E-state index < -0.39 is 10.0 Å². The molecule has 0 unspecified atom stereocenters. The highest BCUT2D eigenvalue weighted by molar-refractivity contribution is 7.89. The van der Waals surface area contributed by atoms with Crippen LogP contribution in [0.3, 0.4) is 0 Å². The summed E-state index contributed by atoms with van der Waals surface area (Å²) < 4.78 is 26.8. The first-order valence-corrected chi connectivity index (χ1v) is 9.63. The molecular formula is C14H32N4O2S. The molecule has 0 spiro atoms. The van der Waals surface area contributed by atoms with Crippen molar-refractivity contribution in [2.24, 2.45) is 0 Å². The van der Waals surface area contributed by atoms with Gasteiger partial charge in [0.1, 0.15) is 0 Å². The summed E-state index contributed by atoms with van der Waals surface area (Å²) in [5.74, 6) is 0.191. The third-order valence-electron chi connectivity index (χ3n) is 3.90. The van der Waals surface area contributed by atoms with E-state index in [4.69, 9.17) is 0 Å². The van der Waals surface area contributed by atoms with Gasteiger partial charge < -0.3 is 5.32 Å². The predicted molar refractivity (Wildman–Crippen MR) is 88.1 cm³/mol. The quantitative estimate of drug-likeness (QED) is 0.623. The van der Waals surface area contributed by atoms with Gasteiger partial charge in [0.15, 0.2) is 0 Å². The first kappa shape index (κ1) is 18.8. The average Bonchev–Trinajstić information content (AvgIpc) is 2.42. The molecular weight excluding hydrogens is 288 g/mol. The summed E-state index contributed by atoms with van der Waals surface area (Å²) in [6.07, 6.45) is 0. The maximum absolute atomic E-state index is 12.0. The number of nitrogens with zero attached hydrogens (tertiary/aromatic N) is 2. The summed E-state index contributed by atoms with van der Waals surface area (Å²) in [4.78, 5) is 4.49. The highest BCUT2D eigenvalue weighted by atomic mass is 32.2. The van der Waals surface area contributed by atoms with E-state index in [0.717, 1.165) is 32.7 Å². The van der Waals surface area contributed by atoms with Crippen molar-refractivity contribution in [3.05, 3.63) is 0 Å². The van der Waals surface area contributed by atoms with Crippen LogP contribution < -0.4 is 10.0 Å². The van der Waals surface area contributed by atoms with E-state index in [2.05, 4.69) is 47.5 Å². The van der Waals surface area contributed by atoms with Gasteiger partial charge in [-0.15, -0.1) is 0 Å². The fourth-order valence-electron chi connectivity index (χ4n) is 2.70. The predicted octanol–water partition coefficient (Wildman–Crippen LogP) is -0.0702. The molecule has 2 N–H and O–H groups in total. The summed E-state index contributed by atoms with van der Waals surface area (Å²) in [5.41, 5.74) is 0. The molecule has 1 fully saturated rings. The molecule has 0 radical (unpaired) electrons. The van der Waals surface area contributed by atoms with Crippen LogP contribution in [-0.4, -0.2) is 81.9 Å². The number of rotatable bonds is 9. The fourth-order valence-corrected chi connectivity index (χ4v) is 3.74. The highest BCUT2D eigenvalue weighted by Crippen LogP contribution is 2.03. The maximum atomic E-state index is 12.0. The van der Waals surface area contributed by atoms with Crippen LogP contribution in [0.15, 0.2) is 0 Å². The van der Waals surface area contributed by atoms with Gasteiger partial charge in [-0.1, -0.05) is 0 Å². The van der Waals surface area contributed by atoms with Gasteiger partial charge in [-0.3, -0.25) is 9.80 Å². The average molecular weight is 321 g/mol. The number of hydrogen-bond acceptors (Lipinski definition) is 5. The molecule has 1 rings (SSSR count). The molecule has 1 aliphatic rings. The van der Waals surface area contributed by atoms with E-state index in [1.165, 1.54) is 0 Å². The molecule has 0 aromatic carbocycles. The van der Waals surface area contributed by atoms with Crippen molar-refractivity contribution < 1.29 is 8.42 Å². The largest absolute Gasteiger partial charge is 0.314 e. The second-order valence-electron chi connectivity index (χ2n) is 6.23. The van der Waals surface area contributed by atoms with Crippen molar-refractivity contribution >= 4 is 10.0 Å². The summed E-state index contributed by atoms with van der Waals surface area (Å²) in [7, 11) is -3.17. The molecule has 0 aromatic heterocycles. The molecule has 126 valence electrons. The lowest BCUT2D eigenvalue weighted by Crippen LogP contribution is -2.46. The molecule has 6 nitrogen and oxygen atoms in total. The Morgan fingerprint density at radius 3 is 2.24 bits per heavy atom. The normalized spacial score (nSPS) is 18.0. The summed E-state index contributed by atoms with van der Waals surface area (Å²) in [5, 5.41) is 3.27. The van der Waals surface area contributed by atoms with Crippen molar-refractivity contribution in [1.82, 2.24) is 19.8 Å². The molecule has 0 aromatic rings. The van der Waals surface area contributed by atoms with Crippen LogP contribution in [-0.2, 0) is 10.0 Å². The van der Waals surface area contributed by atoms with Crippen LogP contribution >= 0.6 is 0 Å². The zero-order valence-electron chi connectivity index (χ0n) is 13.9. The Morgan fingerprint density at radius 2 is 1.71 bits per heavy atom. The van der Waals surface area contributed by atoms with Crippen LogP contribution in [0, 0.1) is 0 Å². The highest BCUT2D eigenvalue weighted by Gasteiger charge is 2.17. The topological polar surface area (TPSA) is 64.7 Å². The van der Waals surface area contributed by atoms with Gasteiger partial charge in [-0.05, 0) is 27.7 Å². The second kappa shape index (κ2) is 9.05. The molecule has 0 atom stereocenters. The van der Waals surface area contributed by atoms with Gasteiger partial charge in [-0.25, -0.2) is 13.1 Å². The second-order valence-corrected chi connectivity index (χ2v) is 8.16. The van der Waals surface area contributed by atoms with E-state index in [1.54, 1.807) is 0 Å². The van der Waals surface area contributed by atoms with E-state index in [-0.39, 0.29) is 5.75 Å². The molecule has 0 aliphatic carbocycles. The van der Waals surface area contributed by atoms with Gasteiger partial charge >= 0.3 is 0 Å². The van der Waals surface area contributed by atoms with Crippen molar-refractivity contribution in [2.45, 2.75) is 39.8 Å². The van der Waals surface area contributed by atoms with Crippen molar-refractivity contribution in [3.8, 4) is 0 Å².